The van der Waals surface area contributed by atoms with Crippen molar-refractivity contribution in [3.63, 3.8) is 0 Å². The number of rotatable bonds is 5. The molecular weight excluding hydrogens is 244 g/mol. The summed E-state index contributed by atoms with van der Waals surface area (Å²) in [7, 11) is 0. The summed E-state index contributed by atoms with van der Waals surface area (Å²) >= 11 is 0. The third-order valence-electron chi connectivity index (χ3n) is 5.18. The van der Waals surface area contributed by atoms with Crippen molar-refractivity contribution in [1.82, 2.24) is 10.2 Å². The molecule has 1 saturated heterocycles. The summed E-state index contributed by atoms with van der Waals surface area (Å²) < 4.78 is 0. The molecule has 1 N–H and O–H groups in total. The number of hydrogen-bond donors (Lipinski definition) is 1. The molecule has 0 aromatic heterocycles. The van der Waals surface area contributed by atoms with Gasteiger partial charge < -0.3 is 5.32 Å². The van der Waals surface area contributed by atoms with E-state index in [0.29, 0.717) is 0 Å². The van der Waals surface area contributed by atoms with Crippen molar-refractivity contribution in [2.75, 3.05) is 19.6 Å². The van der Waals surface area contributed by atoms with Crippen LogP contribution in [0.5, 0.6) is 0 Å². The Bertz CT molecular complexity index is 299. The van der Waals surface area contributed by atoms with E-state index in [0.717, 1.165) is 24.5 Å². The van der Waals surface area contributed by atoms with Gasteiger partial charge in [-0.25, -0.2) is 0 Å². The molecule has 2 aliphatic rings. The summed E-state index contributed by atoms with van der Waals surface area (Å²) in [4.78, 5) is 2.60. The van der Waals surface area contributed by atoms with Crippen molar-refractivity contribution >= 4 is 0 Å². The zero-order chi connectivity index (χ0) is 14.4. The minimum absolute atomic E-state index is 0.776. The van der Waals surface area contributed by atoms with Gasteiger partial charge in [0.2, 0.25) is 0 Å². The lowest BCUT2D eigenvalue weighted by Gasteiger charge is -2.36. The van der Waals surface area contributed by atoms with Gasteiger partial charge >= 0.3 is 0 Å². The maximum absolute atomic E-state index is 3.97. The van der Waals surface area contributed by atoms with E-state index in [4.69, 9.17) is 0 Å². The second-order valence-electron chi connectivity index (χ2n) is 7.16. The molecule has 2 unspecified atom stereocenters. The van der Waals surface area contributed by atoms with Crippen molar-refractivity contribution in [3.8, 4) is 0 Å². The van der Waals surface area contributed by atoms with E-state index < -0.39 is 0 Å². The highest BCUT2D eigenvalue weighted by Gasteiger charge is 2.25. The second kappa shape index (κ2) is 8.19. The molecule has 2 nitrogen and oxygen atoms in total. The molecule has 2 fully saturated rings. The highest BCUT2D eigenvalue weighted by molar-refractivity contribution is 4.96. The SMILES string of the molecule is CCC1CCCC(NC2CCN(CC=C(C)C)CC2)C1. The zero-order valence-electron chi connectivity index (χ0n) is 13.8. The van der Waals surface area contributed by atoms with E-state index in [2.05, 4.69) is 37.1 Å². The summed E-state index contributed by atoms with van der Waals surface area (Å²) in [5, 5.41) is 3.97. The van der Waals surface area contributed by atoms with Crippen molar-refractivity contribution in [3.05, 3.63) is 11.6 Å². The molecule has 1 saturated carbocycles. The number of likely N-dealkylation sites (tertiary alicyclic amines) is 1. The van der Waals surface area contributed by atoms with Crippen LogP contribution in [0.3, 0.4) is 0 Å². The first-order valence-corrected chi connectivity index (χ1v) is 8.79. The van der Waals surface area contributed by atoms with Gasteiger partial charge in [-0.3, -0.25) is 4.90 Å². The van der Waals surface area contributed by atoms with E-state index in [-0.39, 0.29) is 0 Å². The van der Waals surface area contributed by atoms with Crippen LogP contribution in [0, 0.1) is 5.92 Å². The van der Waals surface area contributed by atoms with E-state index in [9.17, 15) is 0 Å². The molecule has 116 valence electrons. The van der Waals surface area contributed by atoms with Crippen LogP contribution in [-0.4, -0.2) is 36.6 Å². The Labute approximate surface area is 126 Å². The van der Waals surface area contributed by atoms with Crippen LogP contribution < -0.4 is 5.32 Å². The van der Waals surface area contributed by atoms with Crippen LogP contribution in [-0.2, 0) is 0 Å². The molecule has 0 spiro atoms. The lowest BCUT2D eigenvalue weighted by molar-refractivity contribution is 0.187. The topological polar surface area (TPSA) is 15.3 Å². The third kappa shape index (κ3) is 5.21. The van der Waals surface area contributed by atoms with Crippen molar-refractivity contribution in [2.24, 2.45) is 5.92 Å². The average Bonchev–Trinajstić information content (AvgIpc) is 2.47. The maximum Gasteiger partial charge on any atom is 0.0165 e. The lowest BCUT2D eigenvalue weighted by Crippen LogP contribution is -2.47. The van der Waals surface area contributed by atoms with Crippen LogP contribution in [0.1, 0.15) is 65.7 Å². The fourth-order valence-electron chi connectivity index (χ4n) is 3.74. The van der Waals surface area contributed by atoms with Gasteiger partial charge in [-0.1, -0.05) is 37.8 Å². The zero-order valence-corrected chi connectivity index (χ0v) is 13.8. The van der Waals surface area contributed by atoms with Gasteiger partial charge in [0.25, 0.3) is 0 Å². The average molecular weight is 278 g/mol. The van der Waals surface area contributed by atoms with Crippen LogP contribution in [0.25, 0.3) is 0 Å². The molecule has 0 radical (unpaired) electrons. The molecule has 1 aliphatic carbocycles. The first-order valence-electron chi connectivity index (χ1n) is 8.79. The largest absolute Gasteiger partial charge is 0.311 e. The molecule has 2 heteroatoms. The Balaban J connectivity index is 1.67. The molecule has 20 heavy (non-hydrogen) atoms. The predicted molar refractivity (Wildman–Crippen MR) is 88.1 cm³/mol. The van der Waals surface area contributed by atoms with Gasteiger partial charge in [-0.2, -0.15) is 0 Å². The Hall–Kier alpha value is -0.340. The minimum Gasteiger partial charge on any atom is -0.311 e. The van der Waals surface area contributed by atoms with Crippen LogP contribution >= 0.6 is 0 Å². The Kier molecular flexibility index (Phi) is 6.57. The highest BCUT2D eigenvalue weighted by Crippen LogP contribution is 2.27. The van der Waals surface area contributed by atoms with Gasteiger partial charge in [0.15, 0.2) is 0 Å². The molecule has 0 aromatic carbocycles. The van der Waals surface area contributed by atoms with Gasteiger partial charge in [0.05, 0.1) is 0 Å². The monoisotopic (exact) mass is 278 g/mol. The molecule has 0 aromatic rings. The molecule has 0 amide bonds. The summed E-state index contributed by atoms with van der Waals surface area (Å²) in [5.74, 6) is 0.985. The Morgan fingerprint density at radius 1 is 1.10 bits per heavy atom. The first kappa shape index (κ1) is 16.0. The normalized spacial score (nSPS) is 29.4. The summed E-state index contributed by atoms with van der Waals surface area (Å²) in [6, 6.07) is 1.58. The van der Waals surface area contributed by atoms with E-state index >= 15 is 0 Å². The molecule has 0 bridgehead atoms. The van der Waals surface area contributed by atoms with Crippen molar-refractivity contribution in [1.29, 1.82) is 0 Å². The minimum atomic E-state index is 0.776. The maximum atomic E-state index is 3.97. The molecule has 2 rings (SSSR count). The van der Waals surface area contributed by atoms with Crippen LogP contribution in [0.15, 0.2) is 11.6 Å². The van der Waals surface area contributed by atoms with Gasteiger partial charge in [-0.05, 0) is 58.5 Å². The quantitative estimate of drug-likeness (QED) is 0.765. The van der Waals surface area contributed by atoms with Gasteiger partial charge in [0, 0.05) is 18.6 Å². The fourth-order valence-corrected chi connectivity index (χ4v) is 3.74. The second-order valence-corrected chi connectivity index (χ2v) is 7.16. The van der Waals surface area contributed by atoms with Gasteiger partial charge in [-0.15, -0.1) is 0 Å². The number of allylic oxidation sites excluding steroid dienone is 1. The van der Waals surface area contributed by atoms with Crippen molar-refractivity contribution in [2.45, 2.75) is 77.8 Å². The summed E-state index contributed by atoms with van der Waals surface area (Å²) in [6.45, 7) is 10.4. The van der Waals surface area contributed by atoms with Crippen LogP contribution in [0.2, 0.25) is 0 Å². The van der Waals surface area contributed by atoms with E-state index in [1.54, 1.807) is 0 Å². The van der Waals surface area contributed by atoms with E-state index in [1.165, 1.54) is 63.6 Å². The highest BCUT2D eigenvalue weighted by atomic mass is 15.1. The van der Waals surface area contributed by atoms with E-state index in [1.807, 2.05) is 0 Å². The van der Waals surface area contributed by atoms with Crippen LogP contribution in [0.4, 0.5) is 0 Å². The Morgan fingerprint density at radius 3 is 2.50 bits per heavy atom. The standard InChI is InChI=1S/C18H34N2/c1-4-16-6-5-7-18(14-16)19-17-9-12-20(13-10-17)11-8-15(2)3/h8,16-19H,4-7,9-14H2,1-3H3. The number of hydrogen-bond acceptors (Lipinski definition) is 2. The first-order chi connectivity index (χ1) is 9.67. The fraction of sp³-hybridized carbons (Fsp3) is 0.889. The van der Waals surface area contributed by atoms with Gasteiger partial charge in [0.1, 0.15) is 0 Å². The summed E-state index contributed by atoms with van der Waals surface area (Å²) in [6.07, 6.45) is 12.2. The molecular formula is C18H34N2. The predicted octanol–water partition coefficient (Wildman–Crippen LogP) is 3.98. The summed E-state index contributed by atoms with van der Waals surface area (Å²) in [5.41, 5.74) is 1.44. The smallest absolute Gasteiger partial charge is 0.0165 e. The Morgan fingerprint density at radius 2 is 1.85 bits per heavy atom. The lowest BCUT2D eigenvalue weighted by atomic mass is 9.83. The number of piperidine rings is 1. The molecule has 2 atom stereocenters. The molecule has 1 heterocycles. The number of nitrogens with zero attached hydrogens (tertiary/aromatic N) is 1. The third-order valence-corrected chi connectivity index (χ3v) is 5.18. The number of nitrogens with one attached hydrogen (secondary N) is 1. The molecule has 1 aliphatic heterocycles. The van der Waals surface area contributed by atoms with Crippen molar-refractivity contribution < 1.29 is 0 Å².